The Balaban J connectivity index is 5.00. The average molecular weight is 274 g/mol. The number of nitrogens with two attached hydrogens (primary N) is 1. The zero-order valence-electron chi connectivity index (χ0n) is 9.21. The van der Waals surface area contributed by atoms with E-state index < -0.39 is 5.91 Å². The van der Waals surface area contributed by atoms with E-state index in [1.54, 1.807) is 6.08 Å². The van der Waals surface area contributed by atoms with E-state index in [4.69, 9.17) is 5.73 Å². The molecule has 0 aliphatic carbocycles. The summed E-state index contributed by atoms with van der Waals surface area (Å²) in [5.74, 6) is -0.393. The highest BCUT2D eigenvalue weighted by Gasteiger charge is 2.07. The molecule has 15 heavy (non-hydrogen) atoms. The Morgan fingerprint density at radius 2 is 2.00 bits per heavy atom. The van der Waals surface area contributed by atoms with Crippen LogP contribution >= 0.6 is 15.9 Å². The number of Topliss-reactive ketones (excluding diaryl/α,β-unsaturated/α-hetero) is 1. The summed E-state index contributed by atoms with van der Waals surface area (Å²) in [4.78, 5) is 22.0. The van der Waals surface area contributed by atoms with E-state index in [-0.39, 0.29) is 11.7 Å². The highest BCUT2D eigenvalue weighted by Crippen LogP contribution is 2.13. The standard InChI is InChI=1S/C11H16BrNO2/c1-4-7(2)5-9(11(13)15)6-10(12)8(3)14/h5-7H,4H2,1-3H3,(H2,13,15)/b9-5+,10-6+. The molecule has 2 N–H and O–H groups in total. The molecule has 4 heteroatoms. The van der Waals surface area contributed by atoms with Crippen molar-refractivity contribution in [1.82, 2.24) is 0 Å². The first-order valence-electron chi connectivity index (χ1n) is 4.78. The summed E-state index contributed by atoms with van der Waals surface area (Å²) in [6.07, 6.45) is 4.16. The molecule has 3 nitrogen and oxygen atoms in total. The van der Waals surface area contributed by atoms with Crippen molar-refractivity contribution in [2.75, 3.05) is 0 Å². The number of carbonyl (C=O) groups excluding carboxylic acids is 2. The molecule has 0 aliphatic rings. The Labute approximate surface area is 98.5 Å². The second-order valence-corrected chi connectivity index (χ2v) is 4.27. The van der Waals surface area contributed by atoms with Gasteiger partial charge in [0.05, 0.1) is 4.48 Å². The van der Waals surface area contributed by atoms with E-state index >= 15 is 0 Å². The molecule has 0 aliphatic heterocycles. The minimum Gasteiger partial charge on any atom is -0.366 e. The van der Waals surface area contributed by atoms with Crippen LogP contribution in [0.1, 0.15) is 27.2 Å². The number of amides is 1. The Morgan fingerprint density at radius 3 is 2.33 bits per heavy atom. The first-order valence-corrected chi connectivity index (χ1v) is 5.57. The third-order valence-corrected chi connectivity index (χ3v) is 2.80. The molecule has 1 amide bonds. The number of hydrogen-bond donors (Lipinski definition) is 1. The Bertz CT molecular complexity index is 319. The van der Waals surface area contributed by atoms with Crippen molar-refractivity contribution in [1.29, 1.82) is 0 Å². The molecule has 0 fully saturated rings. The fourth-order valence-corrected chi connectivity index (χ4v) is 1.11. The van der Waals surface area contributed by atoms with Crippen LogP contribution < -0.4 is 5.73 Å². The zero-order valence-corrected chi connectivity index (χ0v) is 10.8. The van der Waals surface area contributed by atoms with Crippen LogP contribution in [-0.4, -0.2) is 11.7 Å². The van der Waals surface area contributed by atoms with Gasteiger partial charge >= 0.3 is 0 Å². The first kappa shape index (κ1) is 14.1. The lowest BCUT2D eigenvalue weighted by molar-refractivity contribution is -0.114. The molecule has 1 atom stereocenters. The normalized spacial score (nSPS) is 14.9. The highest BCUT2D eigenvalue weighted by atomic mass is 79.9. The van der Waals surface area contributed by atoms with Gasteiger partial charge in [0.15, 0.2) is 5.78 Å². The fraction of sp³-hybridized carbons (Fsp3) is 0.455. The van der Waals surface area contributed by atoms with Crippen molar-refractivity contribution in [3.63, 3.8) is 0 Å². The molecule has 0 aromatic heterocycles. The first-order chi connectivity index (χ1) is 6.88. The largest absolute Gasteiger partial charge is 0.366 e. The predicted octanol–water partition coefficient (Wildman–Crippen LogP) is 2.31. The van der Waals surface area contributed by atoms with Crippen molar-refractivity contribution in [2.24, 2.45) is 11.7 Å². The van der Waals surface area contributed by atoms with Gasteiger partial charge < -0.3 is 5.73 Å². The maximum Gasteiger partial charge on any atom is 0.248 e. The van der Waals surface area contributed by atoms with Gasteiger partial charge in [-0.2, -0.15) is 0 Å². The topological polar surface area (TPSA) is 60.2 Å². The molecule has 0 radical (unpaired) electrons. The SMILES string of the molecule is CCC(C)/C=C(\C=C(\Br)C(C)=O)C(N)=O. The van der Waals surface area contributed by atoms with Gasteiger partial charge in [-0.1, -0.05) is 26.3 Å². The molecule has 0 saturated carbocycles. The third kappa shape index (κ3) is 5.52. The maximum absolute atomic E-state index is 11.1. The van der Waals surface area contributed by atoms with Crippen molar-refractivity contribution in [2.45, 2.75) is 27.2 Å². The molecule has 0 aromatic carbocycles. The van der Waals surface area contributed by atoms with Gasteiger partial charge in [-0.25, -0.2) is 0 Å². The van der Waals surface area contributed by atoms with Gasteiger partial charge in [-0.15, -0.1) is 0 Å². The van der Waals surface area contributed by atoms with Crippen molar-refractivity contribution >= 4 is 27.6 Å². The van der Waals surface area contributed by atoms with Crippen LogP contribution in [0, 0.1) is 5.92 Å². The summed E-state index contributed by atoms with van der Waals surface area (Å²) in [5, 5.41) is 0. The predicted molar refractivity (Wildman–Crippen MR) is 64.4 cm³/mol. The van der Waals surface area contributed by atoms with E-state index in [2.05, 4.69) is 15.9 Å². The van der Waals surface area contributed by atoms with Crippen LogP contribution in [0.3, 0.4) is 0 Å². The number of ketones is 1. The molecular weight excluding hydrogens is 258 g/mol. The van der Waals surface area contributed by atoms with Gasteiger partial charge in [0.25, 0.3) is 0 Å². The molecule has 0 spiro atoms. The monoisotopic (exact) mass is 273 g/mol. The molecule has 0 heterocycles. The summed E-state index contributed by atoms with van der Waals surface area (Å²) in [6, 6.07) is 0. The lowest BCUT2D eigenvalue weighted by Gasteiger charge is -2.03. The number of allylic oxidation sites excluding steroid dienone is 2. The summed E-state index contributed by atoms with van der Waals surface area (Å²) in [6.45, 7) is 5.42. The van der Waals surface area contributed by atoms with Gasteiger partial charge in [-0.05, 0) is 34.8 Å². The van der Waals surface area contributed by atoms with Crippen molar-refractivity contribution in [3.8, 4) is 0 Å². The van der Waals surface area contributed by atoms with E-state index in [1.165, 1.54) is 13.0 Å². The lowest BCUT2D eigenvalue weighted by Crippen LogP contribution is -2.14. The van der Waals surface area contributed by atoms with E-state index in [1.807, 2.05) is 13.8 Å². The summed E-state index contributed by atoms with van der Waals surface area (Å²) >= 11 is 3.09. The van der Waals surface area contributed by atoms with Crippen LogP contribution in [0.2, 0.25) is 0 Å². The van der Waals surface area contributed by atoms with Gasteiger partial charge in [-0.3, -0.25) is 9.59 Å². The number of primary amides is 1. The highest BCUT2D eigenvalue weighted by molar-refractivity contribution is 9.12. The smallest absolute Gasteiger partial charge is 0.248 e. The van der Waals surface area contributed by atoms with Crippen LogP contribution in [0.4, 0.5) is 0 Å². The van der Waals surface area contributed by atoms with E-state index in [0.717, 1.165) is 6.42 Å². The Kier molecular flexibility index (Phi) is 6.17. The number of rotatable bonds is 5. The Morgan fingerprint density at radius 1 is 1.47 bits per heavy atom. The fourth-order valence-electron chi connectivity index (χ4n) is 0.864. The molecule has 0 rings (SSSR count). The second-order valence-electron chi connectivity index (χ2n) is 3.42. The quantitative estimate of drug-likeness (QED) is 0.617. The number of carbonyl (C=O) groups is 2. The average Bonchev–Trinajstić information content (AvgIpc) is 2.15. The van der Waals surface area contributed by atoms with Crippen molar-refractivity contribution in [3.05, 3.63) is 22.2 Å². The van der Waals surface area contributed by atoms with Crippen LogP contribution in [-0.2, 0) is 9.59 Å². The van der Waals surface area contributed by atoms with Crippen LogP contribution in [0.5, 0.6) is 0 Å². The zero-order chi connectivity index (χ0) is 12.0. The van der Waals surface area contributed by atoms with Gasteiger partial charge in [0, 0.05) is 5.57 Å². The molecular formula is C11H16BrNO2. The number of hydrogen-bond acceptors (Lipinski definition) is 2. The Hall–Kier alpha value is -0.900. The lowest BCUT2D eigenvalue weighted by atomic mass is 10.0. The molecule has 0 bridgehead atoms. The minimum absolute atomic E-state index is 0.133. The van der Waals surface area contributed by atoms with E-state index in [0.29, 0.717) is 10.1 Å². The third-order valence-electron chi connectivity index (χ3n) is 2.01. The van der Waals surface area contributed by atoms with Crippen LogP contribution in [0.15, 0.2) is 22.2 Å². The summed E-state index contributed by atoms with van der Waals surface area (Å²) in [7, 11) is 0. The summed E-state index contributed by atoms with van der Waals surface area (Å²) in [5.41, 5.74) is 5.57. The van der Waals surface area contributed by atoms with E-state index in [9.17, 15) is 9.59 Å². The maximum atomic E-state index is 11.1. The van der Waals surface area contributed by atoms with Crippen LogP contribution in [0.25, 0.3) is 0 Å². The second kappa shape index (κ2) is 6.56. The number of halogens is 1. The summed E-state index contributed by atoms with van der Waals surface area (Å²) < 4.78 is 0.357. The van der Waals surface area contributed by atoms with Crippen molar-refractivity contribution < 1.29 is 9.59 Å². The molecule has 1 unspecified atom stereocenters. The molecule has 0 aromatic rings. The van der Waals surface area contributed by atoms with Gasteiger partial charge in [0.1, 0.15) is 0 Å². The van der Waals surface area contributed by atoms with Gasteiger partial charge in [0.2, 0.25) is 5.91 Å². The molecule has 0 saturated heterocycles. The molecule has 84 valence electrons. The minimum atomic E-state index is -0.520.